The van der Waals surface area contributed by atoms with E-state index in [0.717, 1.165) is 32.1 Å². The molecular weight excluding hydrogens is 354 g/mol. The van der Waals surface area contributed by atoms with Crippen LogP contribution in [0.5, 0.6) is 0 Å². The molecule has 3 atom stereocenters. The number of nitrogens with one attached hydrogen (secondary N) is 1. The standard InChI is InChI=1S/C23H37NO4/c1-3-4-5-6-8-11-14-19-17-18-21(25)20(19)15-12-9-7-10-13-16-22(26)28-23(27)24-2/h9,11-12,14,17-20,22,26H,3-8,10,13,15-16H2,1-2H3,(H,24,27)/t19-,20+,22?/m0/s1. The molecule has 1 aliphatic carbocycles. The fourth-order valence-electron chi connectivity index (χ4n) is 3.25. The molecule has 28 heavy (non-hydrogen) atoms. The normalized spacial score (nSPS) is 20.3. The van der Waals surface area contributed by atoms with Crippen LogP contribution in [-0.2, 0) is 9.53 Å². The van der Waals surface area contributed by atoms with E-state index in [-0.39, 0.29) is 17.6 Å². The van der Waals surface area contributed by atoms with Crippen LogP contribution < -0.4 is 5.32 Å². The summed E-state index contributed by atoms with van der Waals surface area (Å²) < 4.78 is 4.71. The van der Waals surface area contributed by atoms with Gasteiger partial charge in [0.2, 0.25) is 6.29 Å². The van der Waals surface area contributed by atoms with Crippen molar-refractivity contribution in [2.45, 2.75) is 77.4 Å². The quantitative estimate of drug-likeness (QED) is 0.246. The van der Waals surface area contributed by atoms with Crippen molar-refractivity contribution in [2.24, 2.45) is 11.8 Å². The molecule has 0 aromatic heterocycles. The Hall–Kier alpha value is -1.88. The van der Waals surface area contributed by atoms with Gasteiger partial charge in [0.25, 0.3) is 0 Å². The molecule has 5 nitrogen and oxygen atoms in total. The SMILES string of the molecule is CCCCCCC=C[C@H]1C=CC(=O)[C@@H]1CC=CCCCCC(O)OC(=O)NC. The summed E-state index contributed by atoms with van der Waals surface area (Å²) in [5, 5.41) is 11.8. The molecule has 0 saturated carbocycles. The van der Waals surface area contributed by atoms with Crippen LogP contribution in [0.2, 0.25) is 0 Å². The van der Waals surface area contributed by atoms with E-state index < -0.39 is 12.4 Å². The third kappa shape index (κ3) is 10.5. The number of unbranched alkanes of at least 4 members (excludes halogenated alkanes) is 6. The van der Waals surface area contributed by atoms with Gasteiger partial charge in [-0.3, -0.25) is 4.79 Å². The Morgan fingerprint density at radius 1 is 1.18 bits per heavy atom. The van der Waals surface area contributed by atoms with Crippen LogP contribution in [0.25, 0.3) is 0 Å². The maximum atomic E-state index is 12.1. The Balaban J connectivity index is 2.20. The lowest BCUT2D eigenvalue weighted by molar-refractivity contribution is -0.117. The second kappa shape index (κ2) is 15.1. The summed E-state index contributed by atoms with van der Waals surface area (Å²) in [7, 11) is 1.46. The van der Waals surface area contributed by atoms with Crippen LogP contribution in [0.1, 0.15) is 71.1 Å². The third-order valence-electron chi connectivity index (χ3n) is 4.97. The topological polar surface area (TPSA) is 75.6 Å². The van der Waals surface area contributed by atoms with Gasteiger partial charge in [0, 0.05) is 25.3 Å². The van der Waals surface area contributed by atoms with Gasteiger partial charge < -0.3 is 15.2 Å². The average Bonchev–Trinajstić information content (AvgIpc) is 3.03. The minimum atomic E-state index is -1.05. The first-order valence-electron chi connectivity index (χ1n) is 10.7. The van der Waals surface area contributed by atoms with Crippen molar-refractivity contribution in [3.05, 3.63) is 36.5 Å². The first-order valence-corrected chi connectivity index (χ1v) is 10.7. The lowest BCUT2D eigenvalue weighted by Crippen LogP contribution is -2.25. The van der Waals surface area contributed by atoms with Gasteiger partial charge in [0.15, 0.2) is 5.78 Å². The van der Waals surface area contributed by atoms with E-state index in [9.17, 15) is 14.7 Å². The summed E-state index contributed by atoms with van der Waals surface area (Å²) in [5.41, 5.74) is 0. The van der Waals surface area contributed by atoms with Gasteiger partial charge in [-0.2, -0.15) is 0 Å². The number of aliphatic hydroxyl groups excluding tert-OH is 1. The molecule has 1 aliphatic rings. The van der Waals surface area contributed by atoms with Crippen LogP contribution in [0.4, 0.5) is 4.79 Å². The van der Waals surface area contributed by atoms with Crippen LogP contribution in [-0.4, -0.2) is 30.3 Å². The van der Waals surface area contributed by atoms with E-state index in [0.29, 0.717) is 6.42 Å². The molecule has 1 amide bonds. The predicted octanol–water partition coefficient (Wildman–Crippen LogP) is 5.07. The summed E-state index contributed by atoms with van der Waals surface area (Å²) in [6.45, 7) is 2.22. The second-order valence-corrected chi connectivity index (χ2v) is 7.32. The molecule has 1 rings (SSSR count). The van der Waals surface area contributed by atoms with Crippen molar-refractivity contribution in [1.82, 2.24) is 5.32 Å². The molecule has 5 heteroatoms. The number of rotatable bonds is 14. The summed E-state index contributed by atoms with van der Waals surface area (Å²) in [5.74, 6) is 0.478. The lowest BCUT2D eigenvalue weighted by Gasteiger charge is -2.12. The number of aliphatic hydroxyl groups is 1. The van der Waals surface area contributed by atoms with Gasteiger partial charge in [0.1, 0.15) is 0 Å². The summed E-state index contributed by atoms with van der Waals surface area (Å²) in [6.07, 6.45) is 20.6. The molecule has 0 heterocycles. The zero-order valence-corrected chi connectivity index (χ0v) is 17.4. The fourth-order valence-corrected chi connectivity index (χ4v) is 3.25. The Bertz CT molecular complexity index is 539. The van der Waals surface area contributed by atoms with Gasteiger partial charge in [-0.25, -0.2) is 4.79 Å². The number of amides is 1. The number of allylic oxidation sites excluding steroid dienone is 6. The van der Waals surface area contributed by atoms with Crippen LogP contribution in [0.15, 0.2) is 36.5 Å². The summed E-state index contributed by atoms with van der Waals surface area (Å²) in [6, 6.07) is 0. The van der Waals surface area contributed by atoms with Gasteiger partial charge in [-0.05, 0) is 44.6 Å². The molecule has 0 spiro atoms. The third-order valence-corrected chi connectivity index (χ3v) is 4.97. The van der Waals surface area contributed by atoms with E-state index in [1.165, 1.54) is 32.7 Å². The Labute approximate surface area is 169 Å². The average molecular weight is 392 g/mol. The molecule has 0 aromatic carbocycles. The van der Waals surface area contributed by atoms with E-state index in [2.05, 4.69) is 36.5 Å². The van der Waals surface area contributed by atoms with E-state index in [1.54, 1.807) is 6.08 Å². The second-order valence-electron chi connectivity index (χ2n) is 7.32. The van der Waals surface area contributed by atoms with Crippen molar-refractivity contribution in [3.63, 3.8) is 0 Å². The zero-order chi connectivity index (χ0) is 20.6. The fraction of sp³-hybridized carbons (Fsp3) is 0.652. The monoisotopic (exact) mass is 391 g/mol. The van der Waals surface area contributed by atoms with Crippen LogP contribution in [0, 0.1) is 11.8 Å². The van der Waals surface area contributed by atoms with Gasteiger partial charge in [0.05, 0.1) is 0 Å². The first-order chi connectivity index (χ1) is 13.6. The number of alkyl carbamates (subject to hydrolysis) is 1. The molecule has 0 fully saturated rings. The lowest BCUT2D eigenvalue weighted by atomic mass is 9.90. The van der Waals surface area contributed by atoms with E-state index in [1.807, 2.05) is 6.08 Å². The van der Waals surface area contributed by atoms with Crippen molar-refractivity contribution in [2.75, 3.05) is 7.05 Å². The number of hydrogen-bond acceptors (Lipinski definition) is 4. The maximum Gasteiger partial charge on any atom is 0.409 e. The van der Waals surface area contributed by atoms with Crippen LogP contribution >= 0.6 is 0 Å². The van der Waals surface area contributed by atoms with Gasteiger partial charge >= 0.3 is 6.09 Å². The highest BCUT2D eigenvalue weighted by Gasteiger charge is 2.26. The highest BCUT2D eigenvalue weighted by molar-refractivity contribution is 5.95. The molecular formula is C23H37NO4. The largest absolute Gasteiger partial charge is 0.420 e. The molecule has 158 valence electrons. The van der Waals surface area contributed by atoms with Crippen molar-refractivity contribution in [1.29, 1.82) is 0 Å². The number of ketones is 1. The Morgan fingerprint density at radius 3 is 2.68 bits per heavy atom. The minimum absolute atomic E-state index is 0.0333. The summed E-state index contributed by atoms with van der Waals surface area (Å²) >= 11 is 0. The highest BCUT2D eigenvalue weighted by atomic mass is 16.6. The van der Waals surface area contributed by atoms with E-state index in [4.69, 9.17) is 4.74 Å². The Kier molecular flexibility index (Phi) is 13.0. The maximum absolute atomic E-state index is 12.1. The summed E-state index contributed by atoms with van der Waals surface area (Å²) in [4.78, 5) is 23.0. The molecule has 2 N–H and O–H groups in total. The van der Waals surface area contributed by atoms with Crippen molar-refractivity contribution < 1.29 is 19.4 Å². The number of hydrogen-bond donors (Lipinski definition) is 2. The van der Waals surface area contributed by atoms with E-state index >= 15 is 0 Å². The molecule has 1 unspecified atom stereocenters. The molecule has 0 saturated heterocycles. The van der Waals surface area contributed by atoms with Crippen LogP contribution in [0.3, 0.4) is 0 Å². The zero-order valence-electron chi connectivity index (χ0n) is 17.4. The number of carbonyl (C=O) groups is 2. The highest BCUT2D eigenvalue weighted by Crippen LogP contribution is 2.27. The molecule has 0 bridgehead atoms. The van der Waals surface area contributed by atoms with Gasteiger partial charge in [-0.15, -0.1) is 0 Å². The molecule has 0 radical (unpaired) electrons. The smallest absolute Gasteiger partial charge is 0.409 e. The number of ether oxygens (including phenoxy) is 1. The van der Waals surface area contributed by atoms with Gasteiger partial charge in [-0.1, -0.05) is 56.6 Å². The number of carbonyl (C=O) groups excluding carboxylic acids is 2. The minimum Gasteiger partial charge on any atom is -0.420 e. The predicted molar refractivity (Wildman–Crippen MR) is 113 cm³/mol. The van der Waals surface area contributed by atoms with Crippen molar-refractivity contribution >= 4 is 11.9 Å². The molecule has 0 aliphatic heterocycles. The molecule has 0 aromatic rings. The Morgan fingerprint density at radius 2 is 1.93 bits per heavy atom. The first kappa shape index (κ1) is 24.2. The van der Waals surface area contributed by atoms with Crippen molar-refractivity contribution in [3.8, 4) is 0 Å².